The summed E-state index contributed by atoms with van der Waals surface area (Å²) in [6, 6.07) is 4.34. The molecule has 1 aromatic carbocycles. The Labute approximate surface area is 226 Å². The van der Waals surface area contributed by atoms with Crippen LogP contribution in [0.5, 0.6) is 5.75 Å². The van der Waals surface area contributed by atoms with Gasteiger partial charge < -0.3 is 19.9 Å². The van der Waals surface area contributed by atoms with Crippen LogP contribution < -0.4 is 20.8 Å². The van der Waals surface area contributed by atoms with Crippen molar-refractivity contribution >= 4 is 45.8 Å². The molecule has 3 N–H and O–H groups in total. The van der Waals surface area contributed by atoms with Crippen molar-refractivity contribution in [1.29, 1.82) is 0 Å². The van der Waals surface area contributed by atoms with Gasteiger partial charge in [-0.3, -0.25) is 19.3 Å². The Bertz CT molecular complexity index is 1350. The average molecular weight is 574 g/mol. The minimum atomic E-state index is -4.48. The highest BCUT2D eigenvalue weighted by Gasteiger charge is 2.38. The van der Waals surface area contributed by atoms with Crippen molar-refractivity contribution < 1.29 is 22.7 Å². The maximum Gasteiger partial charge on any atom is 0.258 e. The van der Waals surface area contributed by atoms with E-state index in [1.54, 1.807) is 0 Å². The number of ether oxygens (including phenoxy) is 1. The fourth-order valence-corrected chi connectivity index (χ4v) is 6.00. The smallest absolute Gasteiger partial charge is 0.258 e. The van der Waals surface area contributed by atoms with Crippen LogP contribution in [-0.4, -0.2) is 80.0 Å². The molecule has 1 atom stereocenters. The van der Waals surface area contributed by atoms with Crippen LogP contribution in [0.25, 0.3) is 11.1 Å². The number of aromatic nitrogens is 1. The predicted molar refractivity (Wildman–Crippen MR) is 140 cm³/mol. The number of piperazine rings is 1. The predicted octanol–water partition coefficient (Wildman–Crippen LogP) is 0.575. The summed E-state index contributed by atoms with van der Waals surface area (Å²) in [5, 5.41) is 0.265. The fourth-order valence-electron chi connectivity index (χ4n) is 4.39. The number of sulfonamides is 1. The highest BCUT2D eigenvalue weighted by atomic mass is 35.5. The Morgan fingerprint density at radius 3 is 2.38 bits per heavy atom. The number of para-hydroxylation sites is 1. The number of rotatable bonds is 8. The molecule has 37 heavy (non-hydrogen) atoms. The Hall–Kier alpha value is -2.64. The number of benzene rings is 1. The molecule has 2 aliphatic rings. The molecule has 2 fully saturated rings. The Kier molecular flexibility index (Phi) is 8.91. The van der Waals surface area contributed by atoms with E-state index in [9.17, 15) is 22.8 Å². The third kappa shape index (κ3) is 6.10. The number of nitrogens with two attached hydrogens (primary N) is 1. The van der Waals surface area contributed by atoms with Crippen molar-refractivity contribution in [3.63, 3.8) is 0 Å². The van der Waals surface area contributed by atoms with Gasteiger partial charge in [0.05, 0.1) is 17.7 Å². The summed E-state index contributed by atoms with van der Waals surface area (Å²) in [4.78, 5) is 41.4. The number of carbonyl (C=O) groups is 2. The van der Waals surface area contributed by atoms with Crippen LogP contribution in [0.3, 0.4) is 0 Å². The van der Waals surface area contributed by atoms with Gasteiger partial charge in [-0.05, 0) is 25.0 Å². The van der Waals surface area contributed by atoms with Gasteiger partial charge in [0, 0.05) is 51.0 Å². The second kappa shape index (κ2) is 11.4. The summed E-state index contributed by atoms with van der Waals surface area (Å²) < 4.78 is 35.6. The van der Waals surface area contributed by atoms with Crippen LogP contribution in [0.4, 0.5) is 0 Å². The van der Waals surface area contributed by atoms with E-state index in [1.165, 1.54) is 54.1 Å². The largest absolute Gasteiger partial charge is 0.495 e. The highest BCUT2D eigenvalue weighted by Crippen LogP contribution is 2.35. The molecule has 1 aliphatic heterocycles. The second-order valence-corrected chi connectivity index (χ2v) is 11.0. The van der Waals surface area contributed by atoms with Crippen LogP contribution in [0.1, 0.15) is 12.8 Å². The first kappa shape index (κ1) is 28.9. The number of hydrogen-bond acceptors (Lipinski definition) is 7. The summed E-state index contributed by atoms with van der Waals surface area (Å²) in [5.41, 5.74) is 5.33. The quantitative estimate of drug-likeness (QED) is 0.439. The molecule has 2 heterocycles. The van der Waals surface area contributed by atoms with Crippen molar-refractivity contribution in [2.24, 2.45) is 12.8 Å². The lowest BCUT2D eigenvalue weighted by Crippen LogP contribution is -2.58. The minimum Gasteiger partial charge on any atom is -0.495 e. The van der Waals surface area contributed by atoms with Crippen LogP contribution in [0.15, 0.2) is 40.2 Å². The van der Waals surface area contributed by atoms with Gasteiger partial charge in [0.1, 0.15) is 10.6 Å². The van der Waals surface area contributed by atoms with Crippen LogP contribution in [-0.2, 0) is 26.7 Å². The van der Waals surface area contributed by atoms with Gasteiger partial charge in [-0.2, -0.15) is 4.72 Å². The molecule has 0 unspecified atom stereocenters. The number of methoxy groups -OCH3 is 1. The fraction of sp³-hybridized carbons (Fsp3) is 0.435. The summed E-state index contributed by atoms with van der Waals surface area (Å²) in [6.45, 7) is 2.05. The van der Waals surface area contributed by atoms with E-state index < -0.39 is 33.4 Å². The third-order valence-electron chi connectivity index (χ3n) is 6.41. The Morgan fingerprint density at radius 1 is 1.16 bits per heavy atom. The van der Waals surface area contributed by atoms with Crippen molar-refractivity contribution in [1.82, 2.24) is 19.1 Å². The van der Waals surface area contributed by atoms with Gasteiger partial charge in [-0.1, -0.05) is 23.7 Å². The first-order valence-electron chi connectivity index (χ1n) is 11.4. The van der Waals surface area contributed by atoms with E-state index in [-0.39, 0.29) is 39.2 Å². The Morgan fingerprint density at radius 2 is 1.81 bits per heavy atom. The minimum absolute atomic E-state index is 0. The van der Waals surface area contributed by atoms with E-state index >= 15 is 0 Å². The van der Waals surface area contributed by atoms with Crippen molar-refractivity contribution in [3.8, 4) is 16.9 Å². The van der Waals surface area contributed by atoms with Gasteiger partial charge in [0.2, 0.25) is 15.9 Å². The summed E-state index contributed by atoms with van der Waals surface area (Å²) in [6.07, 6.45) is 3.70. The highest BCUT2D eigenvalue weighted by molar-refractivity contribution is 7.89. The van der Waals surface area contributed by atoms with Gasteiger partial charge >= 0.3 is 0 Å². The lowest BCUT2D eigenvalue weighted by atomic mass is 10.1. The molecule has 1 aromatic heterocycles. The first-order valence-corrected chi connectivity index (χ1v) is 13.3. The molecule has 0 radical (unpaired) electrons. The molecule has 11 nitrogen and oxygen atoms in total. The van der Waals surface area contributed by atoms with Crippen molar-refractivity contribution in [3.05, 3.63) is 45.8 Å². The van der Waals surface area contributed by atoms with Gasteiger partial charge in [0.25, 0.3) is 11.5 Å². The maximum absolute atomic E-state index is 13.4. The first-order chi connectivity index (χ1) is 17.0. The average Bonchev–Trinajstić information content (AvgIpc) is 3.69. The molecule has 2 amide bonds. The van der Waals surface area contributed by atoms with Crippen LogP contribution in [0.2, 0.25) is 5.02 Å². The normalized spacial score (nSPS) is 17.1. The number of amides is 2. The number of pyridine rings is 1. The third-order valence-corrected chi connectivity index (χ3v) is 8.06. The van der Waals surface area contributed by atoms with E-state index in [4.69, 9.17) is 22.1 Å². The van der Waals surface area contributed by atoms with Crippen molar-refractivity contribution in [2.75, 3.05) is 33.3 Å². The molecule has 0 spiro atoms. The van der Waals surface area contributed by atoms with E-state index in [0.29, 0.717) is 32.2 Å². The summed E-state index contributed by atoms with van der Waals surface area (Å²) in [7, 11) is -1.72. The van der Waals surface area contributed by atoms with Gasteiger partial charge in [-0.25, -0.2) is 8.42 Å². The van der Waals surface area contributed by atoms with Crippen LogP contribution >= 0.6 is 24.0 Å². The molecule has 0 bridgehead atoms. The van der Waals surface area contributed by atoms with E-state index in [1.807, 2.05) is 0 Å². The molecule has 14 heteroatoms. The SMILES string of the molecule is COc1c(-c2cc(Cl)cn(C)c2=O)cccc1S(=O)(=O)N[C@@H](C(N)=O)C(=O)N1CCN(C2CC2)CC1.Cl. The summed E-state index contributed by atoms with van der Waals surface area (Å²) in [5.74, 6) is -1.97. The monoisotopic (exact) mass is 573 g/mol. The molecule has 2 aromatic rings. The number of hydrogen-bond donors (Lipinski definition) is 2. The van der Waals surface area contributed by atoms with E-state index in [2.05, 4.69) is 9.62 Å². The van der Waals surface area contributed by atoms with Gasteiger partial charge in [-0.15, -0.1) is 12.4 Å². The zero-order valence-electron chi connectivity index (χ0n) is 20.3. The zero-order chi connectivity index (χ0) is 26.2. The number of halogens is 2. The molecular weight excluding hydrogens is 545 g/mol. The number of aryl methyl sites for hydroxylation is 1. The molecule has 1 saturated carbocycles. The number of primary amides is 1. The van der Waals surface area contributed by atoms with Crippen molar-refractivity contribution in [2.45, 2.75) is 29.8 Å². The standard InChI is InChI=1S/C23H28ClN5O6S.ClH/c1-27-13-14(24)12-17(22(27)31)16-4-3-5-18(20(16)35-2)36(33,34)26-19(21(25)30)23(32)29-10-8-28(9-11-29)15-6-7-15;/h3-5,12-13,15,19,26H,6-11H2,1-2H3,(H2,25,30);1H/t19-;/m0./s1. The van der Waals surface area contributed by atoms with Gasteiger partial charge in [0.15, 0.2) is 6.04 Å². The molecule has 202 valence electrons. The number of nitrogens with one attached hydrogen (secondary N) is 1. The lowest BCUT2D eigenvalue weighted by molar-refractivity contribution is -0.139. The number of nitrogens with zero attached hydrogens (tertiary/aromatic N) is 3. The van der Waals surface area contributed by atoms with E-state index in [0.717, 1.165) is 12.8 Å². The molecule has 1 aliphatic carbocycles. The maximum atomic E-state index is 13.4. The lowest BCUT2D eigenvalue weighted by Gasteiger charge is -2.36. The zero-order valence-corrected chi connectivity index (χ0v) is 22.7. The topological polar surface area (TPSA) is 144 Å². The van der Waals surface area contributed by atoms with Crippen LogP contribution in [0, 0.1) is 0 Å². The number of carbonyl (C=O) groups excluding carboxylic acids is 2. The molecular formula is C23H29Cl2N5O6S. The Balaban J connectivity index is 0.00000380. The molecule has 1 saturated heterocycles. The second-order valence-electron chi connectivity index (χ2n) is 8.87. The summed E-state index contributed by atoms with van der Waals surface area (Å²) >= 11 is 6.11. The molecule has 4 rings (SSSR count).